The van der Waals surface area contributed by atoms with Crippen LogP contribution in [0.1, 0.15) is 30.4 Å². The fourth-order valence-electron chi connectivity index (χ4n) is 1.83. The maximum absolute atomic E-state index is 5.95. The van der Waals surface area contributed by atoms with Crippen molar-refractivity contribution in [1.29, 1.82) is 0 Å². The summed E-state index contributed by atoms with van der Waals surface area (Å²) in [6.07, 6.45) is 2.75. The Labute approximate surface area is 121 Å². The number of halogens is 1. The summed E-state index contributed by atoms with van der Waals surface area (Å²) < 4.78 is 0.992. The smallest absolute Gasteiger partial charge is 0.140 e. The van der Waals surface area contributed by atoms with Crippen LogP contribution in [-0.2, 0) is 12.8 Å². The number of anilines is 1. The van der Waals surface area contributed by atoms with Gasteiger partial charge in [-0.2, -0.15) is 0 Å². The van der Waals surface area contributed by atoms with Crippen molar-refractivity contribution in [3.8, 4) is 0 Å². The van der Waals surface area contributed by atoms with E-state index in [1.807, 2.05) is 18.2 Å². The molecule has 4 heteroatoms. The molecule has 0 atom stereocenters. The lowest BCUT2D eigenvalue weighted by atomic mass is 10.1. The summed E-state index contributed by atoms with van der Waals surface area (Å²) in [5.41, 5.74) is 8.22. The molecule has 94 valence electrons. The van der Waals surface area contributed by atoms with Crippen molar-refractivity contribution in [2.75, 3.05) is 5.73 Å². The number of nitrogens with two attached hydrogens (primary N) is 1. The van der Waals surface area contributed by atoms with Crippen molar-refractivity contribution < 1.29 is 0 Å². The molecule has 2 rings (SSSR count). The van der Waals surface area contributed by atoms with E-state index < -0.39 is 0 Å². The minimum atomic E-state index is 0.597. The first-order chi connectivity index (χ1) is 8.70. The normalized spacial score (nSPS) is 10.6. The van der Waals surface area contributed by atoms with Crippen LogP contribution in [0.25, 0.3) is 0 Å². The van der Waals surface area contributed by atoms with Crippen molar-refractivity contribution in [2.45, 2.75) is 26.2 Å². The molecule has 0 aliphatic heterocycles. The van der Waals surface area contributed by atoms with E-state index in [0.29, 0.717) is 5.82 Å². The molecule has 1 aromatic carbocycles. The molecule has 0 bridgehead atoms. The molecule has 3 nitrogen and oxygen atoms in total. The van der Waals surface area contributed by atoms with Gasteiger partial charge in [0.15, 0.2) is 0 Å². The second-order valence-electron chi connectivity index (χ2n) is 4.20. The van der Waals surface area contributed by atoms with Crippen LogP contribution in [0.4, 0.5) is 5.82 Å². The molecule has 0 amide bonds. The van der Waals surface area contributed by atoms with Gasteiger partial charge in [0, 0.05) is 6.42 Å². The summed E-state index contributed by atoms with van der Waals surface area (Å²) in [5, 5.41) is 0. The molecular formula is C14H16IN3. The van der Waals surface area contributed by atoms with Gasteiger partial charge in [0.2, 0.25) is 0 Å². The Hall–Kier alpha value is -1.17. The van der Waals surface area contributed by atoms with Gasteiger partial charge in [-0.1, -0.05) is 43.7 Å². The summed E-state index contributed by atoms with van der Waals surface area (Å²) in [5.74, 6) is 1.41. The highest BCUT2D eigenvalue weighted by Crippen LogP contribution is 2.19. The standard InChI is InChI=1S/C14H16IN3/c1-2-6-11-13(15)14(16)18-12(17-11)9-10-7-4-3-5-8-10/h3-5,7-8H,2,6,9H2,1H3,(H2,16,17,18). The topological polar surface area (TPSA) is 51.8 Å². The third kappa shape index (κ3) is 3.19. The van der Waals surface area contributed by atoms with Crippen LogP contribution in [-0.4, -0.2) is 9.97 Å². The number of aromatic nitrogens is 2. The van der Waals surface area contributed by atoms with Gasteiger partial charge in [0.1, 0.15) is 11.6 Å². The highest BCUT2D eigenvalue weighted by atomic mass is 127. The van der Waals surface area contributed by atoms with Gasteiger partial charge in [0.25, 0.3) is 0 Å². The van der Waals surface area contributed by atoms with Crippen molar-refractivity contribution >= 4 is 28.4 Å². The minimum Gasteiger partial charge on any atom is -0.383 e. The van der Waals surface area contributed by atoms with Gasteiger partial charge in [-0.3, -0.25) is 0 Å². The van der Waals surface area contributed by atoms with Crippen molar-refractivity contribution in [3.05, 3.63) is 51.0 Å². The Morgan fingerprint density at radius 2 is 1.89 bits per heavy atom. The Bertz CT molecular complexity index is 526. The van der Waals surface area contributed by atoms with Crippen molar-refractivity contribution in [2.24, 2.45) is 0 Å². The van der Waals surface area contributed by atoms with Gasteiger partial charge >= 0.3 is 0 Å². The molecule has 0 unspecified atom stereocenters. The number of aryl methyl sites for hydroxylation is 1. The first kappa shape index (κ1) is 13.3. The average Bonchev–Trinajstić information content (AvgIpc) is 2.37. The first-order valence-electron chi connectivity index (χ1n) is 6.05. The Kier molecular flexibility index (Phi) is 4.52. The van der Waals surface area contributed by atoms with E-state index in [1.165, 1.54) is 5.56 Å². The second-order valence-corrected chi connectivity index (χ2v) is 5.28. The van der Waals surface area contributed by atoms with Crippen LogP contribution >= 0.6 is 22.6 Å². The third-order valence-corrected chi connectivity index (χ3v) is 3.86. The molecule has 0 saturated heterocycles. The maximum Gasteiger partial charge on any atom is 0.140 e. The number of nitrogens with zero attached hydrogens (tertiary/aromatic N) is 2. The molecule has 0 aliphatic carbocycles. The summed E-state index contributed by atoms with van der Waals surface area (Å²) in [4.78, 5) is 8.99. The second kappa shape index (κ2) is 6.13. The maximum atomic E-state index is 5.95. The third-order valence-electron chi connectivity index (χ3n) is 2.68. The quantitative estimate of drug-likeness (QED) is 0.859. The number of nitrogen functional groups attached to an aromatic ring is 1. The molecule has 2 N–H and O–H groups in total. The van der Waals surface area contributed by atoms with E-state index >= 15 is 0 Å². The van der Waals surface area contributed by atoms with E-state index in [9.17, 15) is 0 Å². The van der Waals surface area contributed by atoms with Crippen LogP contribution in [0, 0.1) is 3.57 Å². The van der Waals surface area contributed by atoms with Gasteiger partial charge in [-0.25, -0.2) is 9.97 Å². The number of rotatable bonds is 4. The summed E-state index contributed by atoms with van der Waals surface area (Å²) in [6.45, 7) is 2.14. The van der Waals surface area contributed by atoms with Crippen LogP contribution < -0.4 is 5.73 Å². The molecular weight excluding hydrogens is 337 g/mol. The number of hydrogen-bond acceptors (Lipinski definition) is 3. The van der Waals surface area contributed by atoms with E-state index in [4.69, 9.17) is 5.73 Å². The Morgan fingerprint density at radius 3 is 2.56 bits per heavy atom. The van der Waals surface area contributed by atoms with E-state index in [1.54, 1.807) is 0 Å². The van der Waals surface area contributed by atoms with Crippen LogP contribution in [0.5, 0.6) is 0 Å². The zero-order chi connectivity index (χ0) is 13.0. The SMILES string of the molecule is CCCc1nc(Cc2ccccc2)nc(N)c1I. The molecule has 0 fully saturated rings. The van der Waals surface area contributed by atoms with E-state index in [-0.39, 0.29) is 0 Å². The zero-order valence-electron chi connectivity index (χ0n) is 10.4. The largest absolute Gasteiger partial charge is 0.383 e. The summed E-state index contributed by atoms with van der Waals surface area (Å²) >= 11 is 2.23. The van der Waals surface area contributed by atoms with Crippen LogP contribution in [0.3, 0.4) is 0 Å². The van der Waals surface area contributed by atoms with Crippen molar-refractivity contribution in [1.82, 2.24) is 9.97 Å². The van der Waals surface area contributed by atoms with Crippen molar-refractivity contribution in [3.63, 3.8) is 0 Å². The van der Waals surface area contributed by atoms with Gasteiger partial charge in [0.05, 0.1) is 9.26 Å². The lowest BCUT2D eigenvalue weighted by Gasteiger charge is -2.08. The average molecular weight is 353 g/mol. The molecule has 1 heterocycles. The fourth-order valence-corrected chi connectivity index (χ4v) is 2.34. The molecule has 2 aromatic rings. The zero-order valence-corrected chi connectivity index (χ0v) is 12.5. The number of hydrogen-bond donors (Lipinski definition) is 1. The summed E-state index contributed by atoms with van der Waals surface area (Å²) in [7, 11) is 0. The van der Waals surface area contributed by atoms with Crippen LogP contribution in [0.15, 0.2) is 30.3 Å². The van der Waals surface area contributed by atoms with E-state index in [2.05, 4.69) is 51.6 Å². The van der Waals surface area contributed by atoms with Gasteiger partial charge < -0.3 is 5.73 Å². The predicted octanol–water partition coefficient (Wildman–Crippen LogP) is 3.21. The first-order valence-corrected chi connectivity index (χ1v) is 7.13. The molecule has 0 spiro atoms. The lowest BCUT2D eigenvalue weighted by Crippen LogP contribution is -2.07. The lowest BCUT2D eigenvalue weighted by molar-refractivity contribution is 0.836. The molecule has 0 saturated carbocycles. The van der Waals surface area contributed by atoms with E-state index in [0.717, 1.165) is 34.4 Å². The Balaban J connectivity index is 2.28. The fraction of sp³-hybridized carbons (Fsp3) is 0.286. The van der Waals surface area contributed by atoms with Gasteiger partial charge in [-0.15, -0.1) is 0 Å². The highest BCUT2D eigenvalue weighted by Gasteiger charge is 2.09. The van der Waals surface area contributed by atoms with Crippen LogP contribution in [0.2, 0.25) is 0 Å². The van der Waals surface area contributed by atoms with Gasteiger partial charge in [-0.05, 0) is 34.6 Å². The molecule has 18 heavy (non-hydrogen) atoms. The molecule has 0 radical (unpaired) electrons. The minimum absolute atomic E-state index is 0.597. The summed E-state index contributed by atoms with van der Waals surface area (Å²) in [6, 6.07) is 10.2. The molecule has 0 aliphatic rings. The Morgan fingerprint density at radius 1 is 1.17 bits per heavy atom. The molecule has 1 aromatic heterocycles. The number of benzene rings is 1. The predicted molar refractivity (Wildman–Crippen MR) is 82.4 cm³/mol. The monoisotopic (exact) mass is 353 g/mol. The highest BCUT2D eigenvalue weighted by molar-refractivity contribution is 14.1.